The zero-order valence-electron chi connectivity index (χ0n) is 11.4. The van der Waals surface area contributed by atoms with E-state index in [0.717, 1.165) is 19.3 Å². The number of aromatic nitrogens is 2. The third kappa shape index (κ3) is 2.06. The minimum absolute atomic E-state index is 0.288. The molecule has 104 valence electrons. The molecule has 1 aromatic heterocycles. The highest BCUT2D eigenvalue weighted by molar-refractivity contribution is 5.80. The number of nitrogens with zero attached hydrogens (tertiary/aromatic N) is 2. The van der Waals surface area contributed by atoms with Crippen LogP contribution in [0.1, 0.15) is 49.5 Å². The van der Waals surface area contributed by atoms with Gasteiger partial charge in [-0.05, 0) is 44.9 Å². The highest BCUT2D eigenvalue weighted by Gasteiger charge is 2.44. The van der Waals surface area contributed by atoms with Gasteiger partial charge in [0.2, 0.25) is 0 Å². The van der Waals surface area contributed by atoms with Crippen LogP contribution in [0.4, 0.5) is 0 Å². The van der Waals surface area contributed by atoms with E-state index < -0.39 is 5.54 Å². The summed E-state index contributed by atoms with van der Waals surface area (Å²) in [7, 11) is 1.41. The van der Waals surface area contributed by atoms with Gasteiger partial charge in [0.1, 0.15) is 5.54 Å². The number of nitrogens with two attached hydrogens (primary N) is 1. The van der Waals surface area contributed by atoms with E-state index in [0.29, 0.717) is 18.9 Å². The summed E-state index contributed by atoms with van der Waals surface area (Å²) < 4.78 is 7.08. The van der Waals surface area contributed by atoms with Crippen LogP contribution in [0.5, 0.6) is 0 Å². The van der Waals surface area contributed by atoms with Gasteiger partial charge in [0.15, 0.2) is 0 Å². The van der Waals surface area contributed by atoms with Gasteiger partial charge >= 0.3 is 5.97 Å². The first-order valence-corrected chi connectivity index (χ1v) is 7.06. The number of hydrogen-bond donors (Lipinski definition) is 1. The van der Waals surface area contributed by atoms with Crippen molar-refractivity contribution in [3.63, 3.8) is 0 Å². The Morgan fingerprint density at radius 1 is 1.53 bits per heavy atom. The Kier molecular flexibility index (Phi) is 3.09. The second-order valence-corrected chi connectivity index (χ2v) is 5.80. The van der Waals surface area contributed by atoms with E-state index in [-0.39, 0.29) is 5.97 Å². The molecule has 19 heavy (non-hydrogen) atoms. The van der Waals surface area contributed by atoms with Gasteiger partial charge in [-0.15, -0.1) is 0 Å². The van der Waals surface area contributed by atoms with Crippen molar-refractivity contribution in [2.45, 2.75) is 56.5 Å². The summed E-state index contributed by atoms with van der Waals surface area (Å²) in [6.07, 6.45) is 8.85. The third-order valence-corrected chi connectivity index (χ3v) is 4.57. The smallest absolute Gasteiger partial charge is 0.325 e. The molecule has 2 aliphatic rings. The van der Waals surface area contributed by atoms with E-state index in [2.05, 4.69) is 9.55 Å². The molecule has 2 atom stereocenters. The zero-order chi connectivity index (χ0) is 13.5. The zero-order valence-corrected chi connectivity index (χ0v) is 11.4. The maximum atomic E-state index is 11.8. The number of aryl methyl sites for hydroxylation is 1. The minimum Gasteiger partial charge on any atom is -0.468 e. The lowest BCUT2D eigenvalue weighted by Gasteiger charge is -2.22. The molecule has 0 saturated heterocycles. The Morgan fingerprint density at radius 2 is 2.32 bits per heavy atom. The maximum Gasteiger partial charge on any atom is 0.325 e. The number of hydrogen-bond acceptors (Lipinski definition) is 4. The second kappa shape index (κ2) is 4.63. The van der Waals surface area contributed by atoms with Crippen LogP contribution in [0.15, 0.2) is 6.33 Å². The Bertz CT molecular complexity index is 497. The van der Waals surface area contributed by atoms with Gasteiger partial charge in [-0.2, -0.15) is 0 Å². The Labute approximate surface area is 113 Å². The molecule has 0 amide bonds. The van der Waals surface area contributed by atoms with Gasteiger partial charge in [0.05, 0.1) is 19.1 Å². The lowest BCUT2D eigenvalue weighted by Crippen LogP contribution is -2.46. The van der Waals surface area contributed by atoms with Gasteiger partial charge < -0.3 is 15.0 Å². The molecule has 0 spiro atoms. The molecule has 2 aliphatic carbocycles. The molecule has 0 aliphatic heterocycles. The van der Waals surface area contributed by atoms with Gasteiger partial charge in [0.25, 0.3) is 0 Å². The van der Waals surface area contributed by atoms with Crippen molar-refractivity contribution in [3.05, 3.63) is 17.7 Å². The SMILES string of the molecule is COC(=O)C1(N)CCC(n2cnc3c2CCCC3)C1. The van der Waals surface area contributed by atoms with E-state index in [1.54, 1.807) is 0 Å². The highest BCUT2D eigenvalue weighted by atomic mass is 16.5. The van der Waals surface area contributed by atoms with E-state index in [9.17, 15) is 4.79 Å². The van der Waals surface area contributed by atoms with E-state index >= 15 is 0 Å². The van der Waals surface area contributed by atoms with E-state index in [1.165, 1.54) is 31.3 Å². The Hall–Kier alpha value is -1.36. The number of carbonyl (C=O) groups is 1. The normalized spacial score (nSPS) is 30.1. The van der Waals surface area contributed by atoms with E-state index in [4.69, 9.17) is 10.5 Å². The molecule has 0 aromatic carbocycles. The maximum absolute atomic E-state index is 11.8. The van der Waals surface area contributed by atoms with Crippen molar-refractivity contribution in [3.8, 4) is 0 Å². The molecule has 5 heteroatoms. The summed E-state index contributed by atoms with van der Waals surface area (Å²) in [4.78, 5) is 16.3. The third-order valence-electron chi connectivity index (χ3n) is 4.57. The fourth-order valence-electron chi connectivity index (χ4n) is 3.48. The second-order valence-electron chi connectivity index (χ2n) is 5.80. The monoisotopic (exact) mass is 263 g/mol. The molecular formula is C14H21N3O2. The van der Waals surface area contributed by atoms with Crippen LogP contribution in [0.2, 0.25) is 0 Å². The van der Waals surface area contributed by atoms with Gasteiger partial charge in [-0.3, -0.25) is 4.79 Å². The first-order chi connectivity index (χ1) is 9.14. The average molecular weight is 263 g/mol. The molecule has 1 heterocycles. The predicted octanol–water partition coefficient (Wildman–Crippen LogP) is 1.36. The number of fused-ring (bicyclic) bond motifs is 1. The quantitative estimate of drug-likeness (QED) is 0.818. The van der Waals surface area contributed by atoms with Crippen molar-refractivity contribution in [2.24, 2.45) is 5.73 Å². The molecule has 1 saturated carbocycles. The summed E-state index contributed by atoms with van der Waals surface area (Å²) in [6, 6.07) is 0.290. The molecule has 2 N–H and O–H groups in total. The van der Waals surface area contributed by atoms with Crippen molar-refractivity contribution in [1.82, 2.24) is 9.55 Å². The molecule has 2 unspecified atom stereocenters. The standard InChI is InChI=1S/C14H21N3O2/c1-19-13(18)14(15)7-6-10(8-14)17-9-16-11-4-2-3-5-12(11)17/h9-10H,2-8,15H2,1H3. The van der Waals surface area contributed by atoms with Crippen LogP contribution in [-0.4, -0.2) is 28.2 Å². The number of ether oxygens (including phenoxy) is 1. The fraction of sp³-hybridized carbons (Fsp3) is 0.714. The lowest BCUT2D eigenvalue weighted by atomic mass is 9.98. The van der Waals surface area contributed by atoms with Gasteiger partial charge in [-0.25, -0.2) is 4.98 Å². The molecular weight excluding hydrogens is 242 g/mol. The Balaban J connectivity index is 1.82. The molecule has 5 nitrogen and oxygen atoms in total. The summed E-state index contributed by atoms with van der Waals surface area (Å²) in [5.74, 6) is -0.288. The van der Waals surface area contributed by atoms with Crippen molar-refractivity contribution in [2.75, 3.05) is 7.11 Å². The first-order valence-electron chi connectivity index (χ1n) is 7.06. The van der Waals surface area contributed by atoms with Crippen LogP contribution in [-0.2, 0) is 22.4 Å². The van der Waals surface area contributed by atoms with Crippen LogP contribution in [0, 0.1) is 0 Å². The summed E-state index contributed by atoms with van der Waals surface area (Å²) >= 11 is 0. The van der Waals surface area contributed by atoms with Crippen LogP contribution in [0.25, 0.3) is 0 Å². The Morgan fingerprint density at radius 3 is 3.11 bits per heavy atom. The van der Waals surface area contributed by atoms with Crippen LogP contribution in [0.3, 0.4) is 0 Å². The number of carbonyl (C=O) groups excluding carboxylic acids is 1. The van der Waals surface area contributed by atoms with Gasteiger partial charge in [-0.1, -0.05) is 0 Å². The molecule has 0 radical (unpaired) electrons. The first kappa shape index (κ1) is 12.7. The largest absolute Gasteiger partial charge is 0.468 e. The van der Waals surface area contributed by atoms with E-state index in [1.807, 2.05) is 6.33 Å². The highest BCUT2D eigenvalue weighted by Crippen LogP contribution is 2.38. The van der Waals surface area contributed by atoms with Crippen LogP contribution >= 0.6 is 0 Å². The number of imidazole rings is 1. The predicted molar refractivity (Wildman–Crippen MR) is 70.7 cm³/mol. The number of methoxy groups -OCH3 is 1. The van der Waals surface area contributed by atoms with Gasteiger partial charge in [0, 0.05) is 11.7 Å². The average Bonchev–Trinajstić information content (AvgIpc) is 3.02. The summed E-state index contributed by atoms with van der Waals surface area (Å²) in [5, 5.41) is 0. The summed E-state index contributed by atoms with van der Waals surface area (Å²) in [5.41, 5.74) is 7.95. The molecule has 0 bridgehead atoms. The fourth-order valence-corrected chi connectivity index (χ4v) is 3.48. The van der Waals surface area contributed by atoms with Crippen LogP contribution < -0.4 is 5.73 Å². The van der Waals surface area contributed by atoms with Crippen molar-refractivity contribution in [1.29, 1.82) is 0 Å². The molecule has 1 aromatic rings. The number of rotatable bonds is 2. The lowest BCUT2D eigenvalue weighted by molar-refractivity contribution is -0.146. The topological polar surface area (TPSA) is 70.1 Å². The molecule has 1 fully saturated rings. The molecule has 3 rings (SSSR count). The summed E-state index contributed by atoms with van der Waals surface area (Å²) in [6.45, 7) is 0. The van der Waals surface area contributed by atoms with Crippen molar-refractivity contribution >= 4 is 5.97 Å². The minimum atomic E-state index is -0.814. The van der Waals surface area contributed by atoms with Crippen molar-refractivity contribution < 1.29 is 9.53 Å². The number of esters is 1.